The fourth-order valence-corrected chi connectivity index (χ4v) is 3.10. The van der Waals surface area contributed by atoms with Crippen LogP contribution in [0.2, 0.25) is 0 Å². The number of oxime groups is 1. The van der Waals surface area contributed by atoms with Gasteiger partial charge in [-0.15, -0.1) is 0 Å². The number of likely N-dealkylation sites (tertiary alicyclic amines) is 1. The van der Waals surface area contributed by atoms with Gasteiger partial charge in [0.15, 0.2) is 5.84 Å². The maximum atomic E-state index is 12.6. The van der Waals surface area contributed by atoms with E-state index in [1.54, 1.807) is 4.90 Å². The number of carbonyl (C=O) groups excluding carboxylic acids is 1. The van der Waals surface area contributed by atoms with Crippen molar-refractivity contribution in [2.75, 3.05) is 13.1 Å². The Morgan fingerprint density at radius 2 is 2.00 bits per heavy atom. The minimum atomic E-state index is -0.841. The number of aliphatic hydroxyl groups is 1. The Hall–Kier alpha value is -1.30. The topological polar surface area (TPSA) is 99.2 Å². The fraction of sp³-hybridized carbons (Fsp3) is 0.833. The highest BCUT2D eigenvalue weighted by atomic mass is 16.4. The van der Waals surface area contributed by atoms with E-state index in [-0.39, 0.29) is 11.7 Å². The van der Waals surface area contributed by atoms with Crippen molar-refractivity contribution in [2.24, 2.45) is 16.3 Å². The number of piperidine rings is 1. The average Bonchev–Trinajstić information content (AvgIpc) is 2.87. The third-order valence-electron chi connectivity index (χ3n) is 4.15. The van der Waals surface area contributed by atoms with Gasteiger partial charge in [-0.05, 0) is 25.7 Å². The summed E-state index contributed by atoms with van der Waals surface area (Å²) in [5.74, 6) is -0.0703. The zero-order chi connectivity index (χ0) is 13.2. The molecule has 18 heavy (non-hydrogen) atoms. The molecule has 0 spiro atoms. The standard InChI is InChI=1S/C12H21N3O3/c13-10(14-18)12(5-1-2-6-12)11(17)15-7-3-4-9(16)8-15/h9,16,18H,1-8H2,(H2,13,14). The molecule has 0 aromatic rings. The molecule has 6 nitrogen and oxygen atoms in total. The molecular weight excluding hydrogens is 234 g/mol. The number of hydrogen-bond donors (Lipinski definition) is 3. The summed E-state index contributed by atoms with van der Waals surface area (Å²) in [6, 6.07) is 0. The summed E-state index contributed by atoms with van der Waals surface area (Å²) in [7, 11) is 0. The Morgan fingerprint density at radius 1 is 1.33 bits per heavy atom. The molecule has 102 valence electrons. The first-order valence-corrected chi connectivity index (χ1v) is 6.55. The van der Waals surface area contributed by atoms with Gasteiger partial charge in [-0.25, -0.2) is 0 Å². The van der Waals surface area contributed by atoms with Gasteiger partial charge in [-0.1, -0.05) is 18.0 Å². The van der Waals surface area contributed by atoms with Crippen LogP contribution in [0.15, 0.2) is 5.16 Å². The first-order valence-electron chi connectivity index (χ1n) is 6.55. The molecule has 2 aliphatic rings. The molecule has 1 aliphatic carbocycles. The minimum absolute atomic E-state index is 0.0186. The number of hydrogen-bond acceptors (Lipinski definition) is 4. The number of β-amino-alcohol motifs (C(OH)–C–C–N with tert-alkyl or cyclic N) is 1. The molecule has 2 rings (SSSR count). The number of amidine groups is 1. The van der Waals surface area contributed by atoms with E-state index in [0.29, 0.717) is 25.9 Å². The van der Waals surface area contributed by atoms with E-state index in [2.05, 4.69) is 5.16 Å². The molecule has 0 aromatic heterocycles. The Bertz CT molecular complexity index is 350. The van der Waals surface area contributed by atoms with Crippen LogP contribution in [-0.4, -0.2) is 46.1 Å². The molecule has 0 aromatic carbocycles. The molecule has 6 heteroatoms. The predicted octanol–water partition coefficient (Wildman–Crippen LogP) is 0.276. The predicted molar refractivity (Wildman–Crippen MR) is 66.1 cm³/mol. The van der Waals surface area contributed by atoms with Gasteiger partial charge in [0.2, 0.25) is 5.91 Å². The van der Waals surface area contributed by atoms with Crippen LogP contribution in [0.1, 0.15) is 38.5 Å². The second-order valence-corrected chi connectivity index (χ2v) is 5.32. The molecule has 0 bridgehead atoms. The van der Waals surface area contributed by atoms with Crippen molar-refractivity contribution in [2.45, 2.75) is 44.6 Å². The molecule has 1 amide bonds. The smallest absolute Gasteiger partial charge is 0.236 e. The molecule has 1 saturated heterocycles. The largest absolute Gasteiger partial charge is 0.409 e. The molecule has 0 radical (unpaired) electrons. The van der Waals surface area contributed by atoms with Crippen LogP contribution in [0.4, 0.5) is 0 Å². The van der Waals surface area contributed by atoms with Crippen molar-refractivity contribution in [1.29, 1.82) is 0 Å². The van der Waals surface area contributed by atoms with Gasteiger partial charge >= 0.3 is 0 Å². The molecule has 1 aliphatic heterocycles. The average molecular weight is 255 g/mol. The zero-order valence-corrected chi connectivity index (χ0v) is 10.5. The number of aliphatic hydroxyl groups excluding tert-OH is 1. The van der Waals surface area contributed by atoms with Gasteiger partial charge < -0.3 is 20.9 Å². The van der Waals surface area contributed by atoms with Crippen LogP contribution < -0.4 is 5.73 Å². The quantitative estimate of drug-likeness (QED) is 0.285. The van der Waals surface area contributed by atoms with E-state index in [1.165, 1.54) is 0 Å². The molecule has 1 heterocycles. The molecular formula is C12H21N3O3. The Balaban J connectivity index is 2.18. The SMILES string of the molecule is NC(=NO)C1(C(=O)N2CCCC(O)C2)CCCC1. The van der Waals surface area contributed by atoms with E-state index in [0.717, 1.165) is 25.7 Å². The van der Waals surface area contributed by atoms with Gasteiger partial charge in [0.25, 0.3) is 0 Å². The summed E-state index contributed by atoms with van der Waals surface area (Å²) >= 11 is 0. The second-order valence-electron chi connectivity index (χ2n) is 5.32. The number of nitrogens with zero attached hydrogens (tertiary/aromatic N) is 2. The van der Waals surface area contributed by atoms with Crippen molar-refractivity contribution in [3.8, 4) is 0 Å². The lowest BCUT2D eigenvalue weighted by Gasteiger charge is -2.37. The van der Waals surface area contributed by atoms with Crippen LogP contribution in [-0.2, 0) is 4.79 Å². The lowest BCUT2D eigenvalue weighted by atomic mass is 9.82. The highest BCUT2D eigenvalue weighted by Gasteiger charge is 2.48. The van der Waals surface area contributed by atoms with Crippen molar-refractivity contribution in [3.05, 3.63) is 0 Å². The molecule has 4 N–H and O–H groups in total. The van der Waals surface area contributed by atoms with Crippen molar-refractivity contribution < 1.29 is 15.1 Å². The van der Waals surface area contributed by atoms with Crippen LogP contribution in [0.25, 0.3) is 0 Å². The molecule has 1 unspecified atom stereocenters. The van der Waals surface area contributed by atoms with Crippen LogP contribution >= 0.6 is 0 Å². The zero-order valence-electron chi connectivity index (χ0n) is 10.5. The highest BCUT2D eigenvalue weighted by molar-refractivity contribution is 6.07. The molecule has 1 atom stereocenters. The summed E-state index contributed by atoms with van der Waals surface area (Å²) in [6.45, 7) is 1.01. The maximum absolute atomic E-state index is 12.6. The summed E-state index contributed by atoms with van der Waals surface area (Å²) in [6.07, 6.45) is 4.19. The summed E-state index contributed by atoms with van der Waals surface area (Å²) in [5.41, 5.74) is 4.90. The van der Waals surface area contributed by atoms with Gasteiger partial charge in [0.05, 0.1) is 6.10 Å². The maximum Gasteiger partial charge on any atom is 0.236 e. The second kappa shape index (κ2) is 5.14. The first-order chi connectivity index (χ1) is 8.60. The van der Waals surface area contributed by atoms with Gasteiger partial charge in [0, 0.05) is 13.1 Å². The first kappa shape index (κ1) is 13.1. The number of rotatable bonds is 2. The Kier molecular flexibility index (Phi) is 3.75. The van der Waals surface area contributed by atoms with Crippen molar-refractivity contribution >= 4 is 11.7 Å². The summed E-state index contributed by atoms with van der Waals surface area (Å²) < 4.78 is 0. The van der Waals surface area contributed by atoms with E-state index in [9.17, 15) is 9.90 Å². The van der Waals surface area contributed by atoms with Crippen molar-refractivity contribution in [3.63, 3.8) is 0 Å². The third-order valence-corrected chi connectivity index (χ3v) is 4.15. The van der Waals surface area contributed by atoms with Gasteiger partial charge in [0.1, 0.15) is 5.41 Å². The fourth-order valence-electron chi connectivity index (χ4n) is 3.10. The van der Waals surface area contributed by atoms with E-state index >= 15 is 0 Å². The van der Waals surface area contributed by atoms with Gasteiger partial charge in [-0.3, -0.25) is 4.79 Å². The van der Waals surface area contributed by atoms with Crippen LogP contribution in [0, 0.1) is 5.41 Å². The Morgan fingerprint density at radius 3 is 2.56 bits per heavy atom. The van der Waals surface area contributed by atoms with Gasteiger partial charge in [-0.2, -0.15) is 0 Å². The lowest BCUT2D eigenvalue weighted by Crippen LogP contribution is -2.53. The number of amides is 1. The van der Waals surface area contributed by atoms with Crippen molar-refractivity contribution in [1.82, 2.24) is 4.90 Å². The molecule has 1 saturated carbocycles. The highest BCUT2D eigenvalue weighted by Crippen LogP contribution is 2.40. The van der Waals surface area contributed by atoms with Crippen LogP contribution in [0.5, 0.6) is 0 Å². The van der Waals surface area contributed by atoms with E-state index < -0.39 is 11.5 Å². The third kappa shape index (κ3) is 2.16. The lowest BCUT2D eigenvalue weighted by molar-refractivity contribution is -0.141. The van der Waals surface area contributed by atoms with E-state index in [1.807, 2.05) is 0 Å². The summed E-state index contributed by atoms with van der Waals surface area (Å²) in [5, 5.41) is 21.6. The Labute approximate surface area is 106 Å². The van der Waals surface area contributed by atoms with E-state index in [4.69, 9.17) is 10.9 Å². The normalized spacial score (nSPS) is 28.4. The minimum Gasteiger partial charge on any atom is -0.409 e. The number of carbonyl (C=O) groups is 1. The number of nitrogens with two attached hydrogens (primary N) is 1. The van der Waals surface area contributed by atoms with Crippen LogP contribution in [0.3, 0.4) is 0 Å². The molecule has 2 fully saturated rings. The monoisotopic (exact) mass is 255 g/mol. The summed E-state index contributed by atoms with van der Waals surface area (Å²) in [4.78, 5) is 14.3.